The fourth-order valence-electron chi connectivity index (χ4n) is 3.25. The smallest absolute Gasteiger partial charge is 0.257 e. The van der Waals surface area contributed by atoms with E-state index in [4.69, 9.17) is 0 Å². The van der Waals surface area contributed by atoms with Crippen LogP contribution in [0.2, 0.25) is 0 Å². The summed E-state index contributed by atoms with van der Waals surface area (Å²) in [5.41, 5.74) is 2.53. The normalized spacial score (nSPS) is 16.1. The van der Waals surface area contributed by atoms with Gasteiger partial charge in [0.2, 0.25) is 0 Å². The first-order chi connectivity index (χ1) is 12.9. The number of rotatable bonds is 6. The molecule has 2 aromatic rings. The van der Waals surface area contributed by atoms with Crippen LogP contribution < -0.4 is 10.9 Å². The number of nitrogens with zero attached hydrogens (tertiary/aromatic N) is 1. The number of nitrogens with one attached hydrogen (secondary N) is 2. The third-order valence-corrected chi connectivity index (χ3v) is 5.35. The molecule has 27 heavy (non-hydrogen) atoms. The molecule has 0 spiro atoms. The lowest BCUT2D eigenvalue weighted by atomic mass is 9.78. The molecule has 1 aromatic heterocycles. The maximum absolute atomic E-state index is 13.0. The summed E-state index contributed by atoms with van der Waals surface area (Å²) < 4.78 is 0. The fourth-order valence-corrected chi connectivity index (χ4v) is 3.85. The van der Waals surface area contributed by atoms with Crippen molar-refractivity contribution < 1.29 is 4.79 Å². The molecule has 3 rings (SSSR count). The summed E-state index contributed by atoms with van der Waals surface area (Å²) in [5.74, 6) is 0.586. The molecule has 1 aliphatic rings. The summed E-state index contributed by atoms with van der Waals surface area (Å²) >= 11 is 1.41. The second-order valence-corrected chi connectivity index (χ2v) is 7.77. The Morgan fingerprint density at radius 3 is 2.67 bits per heavy atom. The second-order valence-electron chi connectivity index (χ2n) is 6.76. The van der Waals surface area contributed by atoms with Crippen molar-refractivity contribution in [2.75, 3.05) is 11.1 Å². The zero-order valence-electron chi connectivity index (χ0n) is 15.7. The topological polar surface area (TPSA) is 74.8 Å². The lowest BCUT2D eigenvalue weighted by Gasteiger charge is -2.30. The van der Waals surface area contributed by atoms with Gasteiger partial charge in [0.05, 0.1) is 5.56 Å². The predicted molar refractivity (Wildman–Crippen MR) is 110 cm³/mol. The molecule has 0 fully saturated rings. The van der Waals surface area contributed by atoms with Gasteiger partial charge in [-0.2, -0.15) is 0 Å². The molecule has 1 aliphatic heterocycles. The van der Waals surface area contributed by atoms with Crippen LogP contribution in [-0.4, -0.2) is 21.5 Å². The third kappa shape index (κ3) is 3.76. The lowest BCUT2D eigenvalue weighted by Crippen LogP contribution is -2.31. The molecule has 0 bridgehead atoms. The summed E-state index contributed by atoms with van der Waals surface area (Å²) in [7, 11) is 0. The third-order valence-electron chi connectivity index (χ3n) is 4.48. The monoisotopic (exact) mass is 381 g/mol. The summed E-state index contributed by atoms with van der Waals surface area (Å²) in [5, 5.41) is 3.72. The Balaban J connectivity index is 2.21. The van der Waals surface area contributed by atoms with E-state index < -0.39 is 5.92 Å². The number of aromatic nitrogens is 2. The van der Waals surface area contributed by atoms with Crippen molar-refractivity contribution in [3.8, 4) is 0 Å². The van der Waals surface area contributed by atoms with Crippen molar-refractivity contribution in [1.29, 1.82) is 0 Å². The Labute approximate surface area is 163 Å². The van der Waals surface area contributed by atoms with E-state index in [-0.39, 0.29) is 17.3 Å². The van der Waals surface area contributed by atoms with E-state index >= 15 is 0 Å². The number of ketones is 1. The van der Waals surface area contributed by atoms with Crippen LogP contribution in [0.5, 0.6) is 0 Å². The summed E-state index contributed by atoms with van der Waals surface area (Å²) in [6, 6.07) is 9.64. The first-order valence-corrected chi connectivity index (χ1v) is 9.87. The molecule has 0 saturated carbocycles. The van der Waals surface area contributed by atoms with Crippen LogP contribution in [0.3, 0.4) is 0 Å². The molecular formula is C21H23N3O2S. The highest BCUT2D eigenvalue weighted by Crippen LogP contribution is 2.40. The van der Waals surface area contributed by atoms with Crippen LogP contribution in [0, 0.1) is 5.92 Å². The standard InChI is InChI=1S/C21H23N3O2S/c1-5-11-27-21-23-19-17(20(26)24-21)16(14-9-7-6-8-10-14)15(13(4)22-19)18(25)12(2)3/h5-10,12,16H,1,11H2,2-4H3,(H2,22,23,24,26)/t16-/m1/s1. The molecule has 2 heterocycles. The predicted octanol–water partition coefficient (Wildman–Crippen LogP) is 4.10. The largest absolute Gasteiger partial charge is 0.343 e. The first-order valence-electron chi connectivity index (χ1n) is 8.88. The van der Waals surface area contributed by atoms with Gasteiger partial charge in [0, 0.05) is 28.9 Å². The van der Waals surface area contributed by atoms with E-state index in [0.29, 0.717) is 27.9 Å². The van der Waals surface area contributed by atoms with Gasteiger partial charge in [-0.3, -0.25) is 9.59 Å². The molecule has 0 amide bonds. The fraction of sp³-hybridized carbons (Fsp3) is 0.286. The minimum Gasteiger partial charge on any atom is -0.343 e. The highest BCUT2D eigenvalue weighted by atomic mass is 32.2. The number of fused-ring (bicyclic) bond motifs is 1. The van der Waals surface area contributed by atoms with E-state index in [1.54, 1.807) is 6.08 Å². The van der Waals surface area contributed by atoms with E-state index in [1.807, 2.05) is 51.1 Å². The average molecular weight is 382 g/mol. The Bertz CT molecular complexity index is 961. The van der Waals surface area contributed by atoms with Crippen molar-refractivity contribution in [1.82, 2.24) is 9.97 Å². The van der Waals surface area contributed by atoms with Gasteiger partial charge in [0.1, 0.15) is 5.82 Å². The number of Topliss-reactive ketones (excluding diaryl/α,β-unsaturated/α-hetero) is 1. The summed E-state index contributed by atoms with van der Waals surface area (Å²) in [6.07, 6.45) is 1.76. The van der Waals surface area contributed by atoms with Gasteiger partial charge in [0.25, 0.3) is 5.56 Å². The molecule has 0 saturated heterocycles. The van der Waals surface area contributed by atoms with Gasteiger partial charge in [-0.25, -0.2) is 4.98 Å². The molecule has 5 nitrogen and oxygen atoms in total. The van der Waals surface area contributed by atoms with Crippen LogP contribution in [0.15, 0.2) is 64.2 Å². The van der Waals surface area contributed by atoms with Gasteiger partial charge in [-0.05, 0) is 12.5 Å². The second kappa shape index (κ2) is 7.96. The Morgan fingerprint density at radius 1 is 1.33 bits per heavy atom. The molecule has 0 radical (unpaired) electrons. The summed E-state index contributed by atoms with van der Waals surface area (Å²) in [6.45, 7) is 9.31. The van der Waals surface area contributed by atoms with Crippen molar-refractivity contribution in [2.24, 2.45) is 5.92 Å². The highest BCUT2D eigenvalue weighted by molar-refractivity contribution is 7.99. The van der Waals surface area contributed by atoms with Crippen molar-refractivity contribution in [3.05, 3.63) is 75.7 Å². The molecule has 140 valence electrons. The number of H-pyrrole nitrogens is 1. The van der Waals surface area contributed by atoms with E-state index in [1.165, 1.54) is 11.8 Å². The Hall–Kier alpha value is -2.60. The first kappa shape index (κ1) is 19.2. The van der Waals surface area contributed by atoms with Crippen LogP contribution in [-0.2, 0) is 4.79 Å². The van der Waals surface area contributed by atoms with Crippen molar-refractivity contribution in [3.63, 3.8) is 0 Å². The molecule has 0 unspecified atom stereocenters. The zero-order valence-corrected chi connectivity index (χ0v) is 16.5. The number of thioether (sulfide) groups is 1. The molecule has 1 aromatic carbocycles. The molecule has 2 N–H and O–H groups in total. The number of hydrogen-bond acceptors (Lipinski definition) is 5. The maximum atomic E-state index is 13.0. The maximum Gasteiger partial charge on any atom is 0.257 e. The van der Waals surface area contributed by atoms with E-state index in [9.17, 15) is 9.59 Å². The Kier molecular flexibility index (Phi) is 5.65. The van der Waals surface area contributed by atoms with Crippen molar-refractivity contribution in [2.45, 2.75) is 31.8 Å². The van der Waals surface area contributed by atoms with Gasteiger partial charge < -0.3 is 10.3 Å². The number of hydrogen-bond donors (Lipinski definition) is 2. The average Bonchev–Trinajstić information content (AvgIpc) is 2.65. The lowest BCUT2D eigenvalue weighted by molar-refractivity contribution is -0.118. The minimum absolute atomic E-state index is 0.0315. The Morgan fingerprint density at radius 2 is 2.04 bits per heavy atom. The van der Waals surface area contributed by atoms with Crippen LogP contribution in [0.4, 0.5) is 5.82 Å². The number of benzene rings is 1. The van der Waals surface area contributed by atoms with Crippen LogP contribution >= 0.6 is 11.8 Å². The number of anilines is 1. The SMILES string of the molecule is C=CCSc1nc2c(c(=O)[nH]1)[C@H](c1ccccc1)C(C(=O)C(C)C)=C(C)N2. The van der Waals surface area contributed by atoms with E-state index in [2.05, 4.69) is 21.9 Å². The highest BCUT2D eigenvalue weighted by Gasteiger charge is 2.35. The molecule has 1 atom stereocenters. The van der Waals surface area contributed by atoms with Gasteiger partial charge in [-0.15, -0.1) is 6.58 Å². The number of carbonyl (C=O) groups is 1. The zero-order chi connectivity index (χ0) is 19.6. The molecular weight excluding hydrogens is 358 g/mol. The van der Waals surface area contributed by atoms with Crippen LogP contribution in [0.1, 0.15) is 37.8 Å². The number of aromatic amines is 1. The molecule has 0 aliphatic carbocycles. The number of carbonyl (C=O) groups excluding carboxylic acids is 1. The summed E-state index contributed by atoms with van der Waals surface area (Å²) in [4.78, 5) is 33.4. The van der Waals surface area contributed by atoms with E-state index in [0.717, 1.165) is 11.3 Å². The van der Waals surface area contributed by atoms with Gasteiger partial charge in [-0.1, -0.05) is 62.0 Å². The molecule has 6 heteroatoms. The van der Waals surface area contributed by atoms with Crippen LogP contribution in [0.25, 0.3) is 0 Å². The van der Waals surface area contributed by atoms with Gasteiger partial charge in [0.15, 0.2) is 10.9 Å². The van der Waals surface area contributed by atoms with Gasteiger partial charge >= 0.3 is 0 Å². The van der Waals surface area contributed by atoms with Crippen molar-refractivity contribution >= 4 is 23.4 Å². The quantitative estimate of drug-likeness (QED) is 0.448. The number of allylic oxidation sites excluding steroid dienone is 2. The minimum atomic E-state index is -0.438.